The van der Waals surface area contributed by atoms with Gasteiger partial charge in [0, 0.05) is 17.6 Å². The number of unbranched alkanes of at least 4 members (excludes halogenated alkanes) is 7. The fourth-order valence-electron chi connectivity index (χ4n) is 2.17. The lowest BCUT2D eigenvalue weighted by Gasteiger charge is -2.04. The van der Waals surface area contributed by atoms with Crippen molar-refractivity contribution in [3.05, 3.63) is 0 Å². The topological polar surface area (TPSA) is 0 Å². The second kappa shape index (κ2) is 11.9. The first-order chi connectivity index (χ1) is 7.63. The van der Waals surface area contributed by atoms with Crippen molar-refractivity contribution >= 4 is 17.6 Å². The lowest BCUT2D eigenvalue weighted by atomic mass is 10.1. The highest BCUT2D eigenvalue weighted by molar-refractivity contribution is 6.55. The largest absolute Gasteiger partial charge is 0.0722 e. The molecule has 0 fully saturated rings. The standard InChI is InChI=1S/C14H34Si2/c1-15(2)13-11-9-7-5-6-8-10-12-14-16(3)4/h15-16H,5-14H2,1-4H3. The summed E-state index contributed by atoms with van der Waals surface area (Å²) in [5.74, 6) is 0. The van der Waals surface area contributed by atoms with Gasteiger partial charge < -0.3 is 0 Å². The Hall–Kier alpha value is 0.434. The van der Waals surface area contributed by atoms with Gasteiger partial charge in [0.1, 0.15) is 0 Å². The summed E-state index contributed by atoms with van der Waals surface area (Å²) in [7, 11) is -0.502. The third-order valence-electron chi connectivity index (χ3n) is 3.31. The summed E-state index contributed by atoms with van der Waals surface area (Å²) in [6.07, 6.45) is 12.0. The summed E-state index contributed by atoms with van der Waals surface area (Å²) in [6, 6.07) is 3.14. The van der Waals surface area contributed by atoms with Crippen LogP contribution in [0.4, 0.5) is 0 Å². The Bertz CT molecular complexity index is 117. The van der Waals surface area contributed by atoms with Crippen molar-refractivity contribution in [2.45, 2.75) is 89.6 Å². The molecule has 0 unspecified atom stereocenters. The molecular formula is C14H34Si2. The normalized spacial score (nSPS) is 11.6. The average Bonchev–Trinajstić information content (AvgIpc) is 2.20. The first-order valence-electron chi connectivity index (χ1n) is 7.63. The molecule has 0 N–H and O–H groups in total. The molecule has 98 valence electrons. The van der Waals surface area contributed by atoms with Crippen LogP contribution in [0.15, 0.2) is 0 Å². The van der Waals surface area contributed by atoms with Crippen LogP contribution in [0.2, 0.25) is 38.3 Å². The molecule has 0 radical (unpaired) electrons. The van der Waals surface area contributed by atoms with Gasteiger partial charge >= 0.3 is 0 Å². The van der Waals surface area contributed by atoms with E-state index >= 15 is 0 Å². The Balaban J connectivity index is 2.93. The van der Waals surface area contributed by atoms with Crippen molar-refractivity contribution in [3.8, 4) is 0 Å². The van der Waals surface area contributed by atoms with Gasteiger partial charge in [-0.3, -0.25) is 0 Å². The number of hydrogen-bond donors (Lipinski definition) is 0. The van der Waals surface area contributed by atoms with E-state index in [0.29, 0.717) is 0 Å². The van der Waals surface area contributed by atoms with Gasteiger partial charge in [-0.05, 0) is 0 Å². The molecule has 0 aliphatic heterocycles. The molecule has 0 aliphatic rings. The lowest BCUT2D eigenvalue weighted by Crippen LogP contribution is -1.98. The SMILES string of the molecule is C[SiH](C)CCCCCCCCCC[SiH](C)C. The van der Waals surface area contributed by atoms with E-state index in [2.05, 4.69) is 26.2 Å². The van der Waals surface area contributed by atoms with Crippen molar-refractivity contribution in [2.75, 3.05) is 0 Å². The third-order valence-corrected chi connectivity index (χ3v) is 6.44. The average molecular weight is 259 g/mol. The predicted octanol–water partition coefficient (Wildman–Crippen LogP) is 5.08. The monoisotopic (exact) mass is 258 g/mol. The van der Waals surface area contributed by atoms with Gasteiger partial charge in [0.25, 0.3) is 0 Å². The molecule has 0 aliphatic carbocycles. The fraction of sp³-hybridized carbons (Fsp3) is 1.00. The molecule has 0 saturated heterocycles. The number of rotatable bonds is 11. The fourth-order valence-corrected chi connectivity index (χ4v) is 4.38. The van der Waals surface area contributed by atoms with Gasteiger partial charge in [0.15, 0.2) is 0 Å². The van der Waals surface area contributed by atoms with Crippen LogP contribution in [-0.2, 0) is 0 Å². The quantitative estimate of drug-likeness (QED) is 0.358. The summed E-state index contributed by atoms with van der Waals surface area (Å²) >= 11 is 0. The van der Waals surface area contributed by atoms with E-state index in [9.17, 15) is 0 Å². The molecule has 0 heterocycles. The summed E-state index contributed by atoms with van der Waals surface area (Å²) in [5, 5.41) is 0. The lowest BCUT2D eigenvalue weighted by molar-refractivity contribution is 0.584. The molecule has 0 nitrogen and oxygen atoms in total. The Morgan fingerprint density at radius 2 is 0.688 bits per heavy atom. The van der Waals surface area contributed by atoms with Crippen molar-refractivity contribution in [2.24, 2.45) is 0 Å². The van der Waals surface area contributed by atoms with E-state index in [1.807, 2.05) is 0 Å². The van der Waals surface area contributed by atoms with Gasteiger partial charge in [-0.2, -0.15) is 0 Å². The molecule has 0 aromatic rings. The van der Waals surface area contributed by atoms with E-state index in [4.69, 9.17) is 0 Å². The zero-order valence-electron chi connectivity index (χ0n) is 12.2. The molecule has 0 aromatic heterocycles. The smallest absolute Gasteiger partial charge is 0.0305 e. The Morgan fingerprint density at radius 3 is 0.938 bits per heavy atom. The Labute approximate surface area is 107 Å². The first-order valence-corrected chi connectivity index (χ1v) is 13.9. The molecular weight excluding hydrogens is 224 g/mol. The van der Waals surface area contributed by atoms with Gasteiger partial charge in [-0.25, -0.2) is 0 Å². The molecule has 0 saturated carbocycles. The van der Waals surface area contributed by atoms with E-state index in [1.54, 1.807) is 12.1 Å². The van der Waals surface area contributed by atoms with Gasteiger partial charge in [-0.15, -0.1) is 0 Å². The molecule has 0 aromatic carbocycles. The van der Waals surface area contributed by atoms with Crippen LogP contribution in [0.3, 0.4) is 0 Å². The minimum atomic E-state index is -0.251. The zero-order valence-corrected chi connectivity index (χ0v) is 14.5. The van der Waals surface area contributed by atoms with Gasteiger partial charge in [0.05, 0.1) is 0 Å². The minimum absolute atomic E-state index is 0.251. The second-order valence-electron chi connectivity index (χ2n) is 6.19. The maximum Gasteiger partial charge on any atom is 0.0305 e. The van der Waals surface area contributed by atoms with Crippen LogP contribution in [0.1, 0.15) is 51.4 Å². The first kappa shape index (κ1) is 16.4. The zero-order chi connectivity index (χ0) is 12.2. The molecule has 16 heavy (non-hydrogen) atoms. The second-order valence-corrected chi connectivity index (χ2v) is 12.9. The highest BCUT2D eigenvalue weighted by Crippen LogP contribution is 2.12. The summed E-state index contributed by atoms with van der Waals surface area (Å²) in [4.78, 5) is 0. The van der Waals surface area contributed by atoms with Crippen molar-refractivity contribution in [1.29, 1.82) is 0 Å². The molecule has 2 heteroatoms. The van der Waals surface area contributed by atoms with Crippen molar-refractivity contribution in [3.63, 3.8) is 0 Å². The highest BCUT2D eigenvalue weighted by Gasteiger charge is 1.97. The molecule has 0 atom stereocenters. The number of hydrogen-bond acceptors (Lipinski definition) is 0. The maximum absolute atomic E-state index is 2.47. The van der Waals surface area contributed by atoms with Crippen LogP contribution in [0, 0.1) is 0 Å². The molecule has 0 spiro atoms. The maximum atomic E-state index is 2.47. The van der Waals surface area contributed by atoms with Gasteiger partial charge in [0.2, 0.25) is 0 Å². The predicted molar refractivity (Wildman–Crippen MR) is 84.3 cm³/mol. The van der Waals surface area contributed by atoms with Gasteiger partial charge in [-0.1, -0.05) is 89.6 Å². The molecule has 0 rings (SSSR count). The van der Waals surface area contributed by atoms with E-state index < -0.39 is 0 Å². The van der Waals surface area contributed by atoms with Crippen LogP contribution in [-0.4, -0.2) is 17.6 Å². The Morgan fingerprint density at radius 1 is 0.438 bits per heavy atom. The molecule has 0 amide bonds. The summed E-state index contributed by atoms with van der Waals surface area (Å²) < 4.78 is 0. The van der Waals surface area contributed by atoms with E-state index in [-0.39, 0.29) is 17.6 Å². The van der Waals surface area contributed by atoms with Crippen molar-refractivity contribution < 1.29 is 0 Å². The van der Waals surface area contributed by atoms with Crippen molar-refractivity contribution in [1.82, 2.24) is 0 Å². The minimum Gasteiger partial charge on any atom is -0.0722 e. The van der Waals surface area contributed by atoms with Crippen LogP contribution in [0.25, 0.3) is 0 Å². The Kier molecular flexibility index (Phi) is 12.2. The molecule has 0 bridgehead atoms. The summed E-state index contributed by atoms with van der Waals surface area (Å²) in [6.45, 7) is 9.88. The van der Waals surface area contributed by atoms with Crippen LogP contribution < -0.4 is 0 Å². The van der Waals surface area contributed by atoms with E-state index in [0.717, 1.165) is 0 Å². The highest BCUT2D eigenvalue weighted by atomic mass is 28.3. The van der Waals surface area contributed by atoms with Crippen LogP contribution in [0.5, 0.6) is 0 Å². The summed E-state index contributed by atoms with van der Waals surface area (Å²) in [5.41, 5.74) is 0. The van der Waals surface area contributed by atoms with E-state index in [1.165, 1.54) is 51.4 Å². The van der Waals surface area contributed by atoms with Crippen LogP contribution >= 0.6 is 0 Å². The third kappa shape index (κ3) is 14.4.